The highest BCUT2D eigenvalue weighted by atomic mass is 16.6. The molecule has 2 radical (unpaired) electrons. The van der Waals surface area contributed by atoms with Crippen molar-refractivity contribution in [1.82, 2.24) is 4.98 Å². The summed E-state index contributed by atoms with van der Waals surface area (Å²) in [6.45, 7) is 5.49. The Morgan fingerprint density at radius 3 is 2.67 bits per heavy atom. The number of rotatable bonds is 2. The van der Waals surface area contributed by atoms with Gasteiger partial charge >= 0.3 is 5.97 Å². The highest BCUT2D eigenvalue weighted by Gasteiger charge is 2.16. The van der Waals surface area contributed by atoms with E-state index in [0.29, 0.717) is 11.3 Å². The molecule has 0 spiro atoms. The Morgan fingerprint density at radius 1 is 1.47 bits per heavy atom. The number of ether oxygens (including phenoxy) is 1. The van der Waals surface area contributed by atoms with E-state index in [4.69, 9.17) is 12.6 Å². The van der Waals surface area contributed by atoms with Crippen LogP contribution in [0.25, 0.3) is 0 Å². The lowest BCUT2D eigenvalue weighted by molar-refractivity contribution is -0.153. The summed E-state index contributed by atoms with van der Waals surface area (Å²) in [4.78, 5) is 15.5. The van der Waals surface area contributed by atoms with Crippen LogP contribution in [0.5, 0.6) is 0 Å². The van der Waals surface area contributed by atoms with Crippen LogP contribution in [0, 0.1) is 0 Å². The molecule has 0 amide bonds. The van der Waals surface area contributed by atoms with Gasteiger partial charge in [0, 0.05) is 0 Å². The number of esters is 1. The van der Waals surface area contributed by atoms with Crippen molar-refractivity contribution >= 4 is 19.4 Å². The fourth-order valence-electron chi connectivity index (χ4n) is 1.12. The summed E-state index contributed by atoms with van der Waals surface area (Å²) in [5, 5.41) is 0. The average molecular weight is 203 g/mol. The van der Waals surface area contributed by atoms with Gasteiger partial charge < -0.3 is 4.74 Å². The lowest BCUT2D eigenvalue weighted by Gasteiger charge is -2.19. The maximum atomic E-state index is 11.4. The van der Waals surface area contributed by atoms with Gasteiger partial charge in [-0.3, -0.25) is 9.78 Å². The Kier molecular flexibility index (Phi) is 3.50. The first-order valence-electron chi connectivity index (χ1n) is 4.80. The summed E-state index contributed by atoms with van der Waals surface area (Å²) in [6, 6.07) is 5.20. The molecule has 0 atom stereocenters. The third-order valence-corrected chi connectivity index (χ3v) is 1.57. The highest BCUT2D eigenvalue weighted by Crippen LogP contribution is 2.08. The molecule has 0 aromatic carbocycles. The molecular formula is C11H14BNO2. The summed E-state index contributed by atoms with van der Waals surface area (Å²) < 4.78 is 5.16. The Labute approximate surface area is 91.3 Å². The smallest absolute Gasteiger partial charge is 0.312 e. The molecule has 0 aliphatic heterocycles. The van der Waals surface area contributed by atoms with Gasteiger partial charge in [-0.2, -0.15) is 0 Å². The van der Waals surface area contributed by atoms with Crippen molar-refractivity contribution in [2.24, 2.45) is 0 Å². The Hall–Kier alpha value is -1.32. The van der Waals surface area contributed by atoms with Gasteiger partial charge in [0.05, 0.1) is 12.1 Å². The van der Waals surface area contributed by atoms with Crippen molar-refractivity contribution in [3.63, 3.8) is 0 Å². The second kappa shape index (κ2) is 4.47. The molecule has 0 saturated heterocycles. The van der Waals surface area contributed by atoms with Crippen molar-refractivity contribution in [3.8, 4) is 0 Å². The van der Waals surface area contributed by atoms with Crippen LogP contribution in [-0.2, 0) is 16.0 Å². The van der Waals surface area contributed by atoms with Crippen molar-refractivity contribution in [3.05, 3.63) is 23.9 Å². The summed E-state index contributed by atoms with van der Waals surface area (Å²) in [6.07, 6.45) is 0.155. The zero-order valence-corrected chi connectivity index (χ0v) is 9.28. The van der Waals surface area contributed by atoms with E-state index in [1.807, 2.05) is 20.8 Å². The maximum Gasteiger partial charge on any atom is 0.312 e. The van der Waals surface area contributed by atoms with E-state index in [2.05, 4.69) is 4.98 Å². The van der Waals surface area contributed by atoms with Gasteiger partial charge in [0.1, 0.15) is 13.4 Å². The van der Waals surface area contributed by atoms with Crippen molar-refractivity contribution < 1.29 is 9.53 Å². The minimum absolute atomic E-state index is 0.155. The monoisotopic (exact) mass is 203 g/mol. The molecule has 0 aliphatic carbocycles. The van der Waals surface area contributed by atoms with Gasteiger partial charge in [0.15, 0.2) is 0 Å². The summed E-state index contributed by atoms with van der Waals surface area (Å²) in [7, 11) is 5.50. The van der Waals surface area contributed by atoms with Gasteiger partial charge in [0.2, 0.25) is 0 Å². The number of pyridine rings is 1. The van der Waals surface area contributed by atoms with Crippen LogP contribution in [0.15, 0.2) is 18.2 Å². The first-order valence-corrected chi connectivity index (χ1v) is 4.80. The molecule has 0 fully saturated rings. The van der Waals surface area contributed by atoms with Crippen LogP contribution in [0.2, 0.25) is 0 Å². The van der Waals surface area contributed by atoms with E-state index in [-0.39, 0.29) is 12.4 Å². The molecule has 1 heterocycles. The van der Waals surface area contributed by atoms with Crippen LogP contribution >= 0.6 is 0 Å². The molecule has 0 saturated carbocycles. The van der Waals surface area contributed by atoms with E-state index >= 15 is 0 Å². The lowest BCUT2D eigenvalue weighted by Crippen LogP contribution is -2.25. The van der Waals surface area contributed by atoms with E-state index in [9.17, 15) is 4.79 Å². The number of nitrogens with zero attached hydrogens (tertiary/aromatic N) is 1. The molecule has 15 heavy (non-hydrogen) atoms. The molecule has 4 heteroatoms. The normalized spacial score (nSPS) is 11.1. The van der Waals surface area contributed by atoms with Crippen LogP contribution in [0.3, 0.4) is 0 Å². The van der Waals surface area contributed by atoms with Gasteiger partial charge in [0.25, 0.3) is 0 Å². The lowest BCUT2D eigenvalue weighted by atomic mass is 10.0. The van der Waals surface area contributed by atoms with Gasteiger partial charge in [-0.1, -0.05) is 12.1 Å². The van der Waals surface area contributed by atoms with E-state index in [1.54, 1.807) is 18.2 Å². The fraction of sp³-hybridized carbons (Fsp3) is 0.455. The highest BCUT2D eigenvalue weighted by molar-refractivity contribution is 6.30. The Bertz CT molecular complexity index is 358. The summed E-state index contributed by atoms with van der Waals surface area (Å²) in [5.41, 5.74) is 0.581. The zero-order valence-electron chi connectivity index (χ0n) is 9.28. The van der Waals surface area contributed by atoms with Crippen LogP contribution in [0.4, 0.5) is 0 Å². The third-order valence-electron chi connectivity index (χ3n) is 1.57. The van der Waals surface area contributed by atoms with E-state index in [0.717, 1.165) is 0 Å². The molecule has 0 bridgehead atoms. The number of hydrogen-bond donors (Lipinski definition) is 0. The van der Waals surface area contributed by atoms with Gasteiger partial charge in [-0.25, -0.2) is 0 Å². The second-order valence-corrected chi connectivity index (χ2v) is 4.32. The first kappa shape index (κ1) is 11.8. The van der Waals surface area contributed by atoms with Crippen molar-refractivity contribution in [2.75, 3.05) is 0 Å². The van der Waals surface area contributed by atoms with Crippen LogP contribution in [-0.4, -0.2) is 24.4 Å². The molecule has 1 aromatic rings. The molecule has 0 unspecified atom stereocenters. The standard InChI is InChI=1S/C11H14BNO2/c1-11(2,3)15-10(14)7-8-5-4-6-9(12)13-8/h4-6H,7H2,1-3H3. The topological polar surface area (TPSA) is 39.2 Å². The molecule has 1 rings (SSSR count). The van der Waals surface area contributed by atoms with Gasteiger partial charge in [-0.05, 0) is 32.4 Å². The summed E-state index contributed by atoms with van der Waals surface area (Å²) in [5.74, 6) is -0.291. The minimum Gasteiger partial charge on any atom is -0.460 e. The molecule has 1 aromatic heterocycles. The first-order chi connectivity index (χ1) is 6.87. The number of carbonyl (C=O) groups excluding carboxylic acids is 1. The quantitative estimate of drug-likeness (QED) is 0.526. The van der Waals surface area contributed by atoms with E-state index in [1.165, 1.54) is 0 Å². The Morgan fingerprint density at radius 2 is 2.13 bits per heavy atom. The largest absolute Gasteiger partial charge is 0.460 e. The fourth-order valence-corrected chi connectivity index (χ4v) is 1.12. The number of aromatic nitrogens is 1. The second-order valence-electron chi connectivity index (χ2n) is 4.32. The van der Waals surface area contributed by atoms with E-state index < -0.39 is 5.60 Å². The predicted molar refractivity (Wildman–Crippen MR) is 59.2 cm³/mol. The molecule has 0 aliphatic rings. The molecule has 78 valence electrons. The van der Waals surface area contributed by atoms with Crippen LogP contribution in [0.1, 0.15) is 26.5 Å². The molecule has 3 nitrogen and oxygen atoms in total. The van der Waals surface area contributed by atoms with Crippen molar-refractivity contribution in [2.45, 2.75) is 32.8 Å². The number of hydrogen-bond acceptors (Lipinski definition) is 3. The molecular weight excluding hydrogens is 189 g/mol. The summed E-state index contributed by atoms with van der Waals surface area (Å²) >= 11 is 0. The minimum atomic E-state index is -0.461. The SMILES string of the molecule is [B]c1cccc(CC(=O)OC(C)(C)C)n1. The third kappa shape index (κ3) is 4.63. The molecule has 0 N–H and O–H groups in total. The van der Waals surface area contributed by atoms with Crippen LogP contribution < -0.4 is 5.59 Å². The maximum absolute atomic E-state index is 11.4. The average Bonchev–Trinajstić information content (AvgIpc) is 1.99. The Balaban J connectivity index is 2.59. The van der Waals surface area contributed by atoms with Crippen molar-refractivity contribution in [1.29, 1.82) is 0 Å². The number of carbonyl (C=O) groups is 1. The predicted octanol–water partition coefficient (Wildman–Crippen LogP) is 0.760. The zero-order chi connectivity index (χ0) is 11.5. The van der Waals surface area contributed by atoms with Gasteiger partial charge in [-0.15, -0.1) is 0 Å².